The van der Waals surface area contributed by atoms with Crippen molar-refractivity contribution in [3.8, 4) is 5.75 Å². The molecule has 0 aliphatic carbocycles. The van der Waals surface area contributed by atoms with Crippen molar-refractivity contribution in [1.82, 2.24) is 0 Å². The van der Waals surface area contributed by atoms with Crippen LogP contribution < -0.4 is 10.1 Å². The Hall–Kier alpha value is -2.08. The summed E-state index contributed by atoms with van der Waals surface area (Å²) in [4.78, 5) is 12.0. The number of amides is 1. The van der Waals surface area contributed by atoms with Gasteiger partial charge in [-0.25, -0.2) is 8.78 Å². The van der Waals surface area contributed by atoms with E-state index in [0.717, 1.165) is 23.9 Å². The zero-order valence-electron chi connectivity index (χ0n) is 11.2. The van der Waals surface area contributed by atoms with Crippen LogP contribution in [0.4, 0.5) is 14.5 Å². The third-order valence-electron chi connectivity index (χ3n) is 2.61. The number of carbonyl (C=O) groups is 1. The van der Waals surface area contributed by atoms with Crippen LogP contribution in [0, 0.1) is 11.6 Å². The molecule has 2 aromatic carbocycles. The fraction of sp³-hybridized carbons (Fsp3) is 0.133. The second kappa shape index (κ2) is 7.08. The molecular weight excluding hydrogens is 296 g/mol. The van der Waals surface area contributed by atoms with E-state index in [9.17, 15) is 13.6 Å². The Balaban J connectivity index is 1.92. The molecule has 1 N–H and O–H groups in total. The van der Waals surface area contributed by atoms with Gasteiger partial charge < -0.3 is 10.1 Å². The quantitative estimate of drug-likeness (QED) is 0.856. The van der Waals surface area contributed by atoms with Crippen LogP contribution in [-0.2, 0) is 4.79 Å². The predicted octanol–water partition coefficient (Wildman–Crippen LogP) is 3.70. The van der Waals surface area contributed by atoms with Gasteiger partial charge in [0.2, 0.25) is 5.91 Å². The van der Waals surface area contributed by atoms with E-state index in [1.807, 2.05) is 0 Å². The van der Waals surface area contributed by atoms with Crippen LogP contribution in [0.1, 0.15) is 0 Å². The lowest BCUT2D eigenvalue weighted by atomic mass is 10.3. The fourth-order valence-electron chi connectivity index (χ4n) is 1.63. The third-order valence-corrected chi connectivity index (χ3v) is 3.65. The molecule has 0 aromatic heterocycles. The molecule has 2 aromatic rings. The molecule has 0 spiro atoms. The highest BCUT2D eigenvalue weighted by Gasteiger charge is 2.08. The van der Waals surface area contributed by atoms with Gasteiger partial charge in [0.1, 0.15) is 17.4 Å². The molecule has 0 fully saturated rings. The van der Waals surface area contributed by atoms with E-state index in [4.69, 9.17) is 4.74 Å². The molecular formula is C15H13F2NO2S. The maximum atomic E-state index is 13.4. The van der Waals surface area contributed by atoms with Crippen molar-refractivity contribution in [3.63, 3.8) is 0 Å². The van der Waals surface area contributed by atoms with Crippen LogP contribution in [0.2, 0.25) is 0 Å². The van der Waals surface area contributed by atoms with E-state index >= 15 is 0 Å². The van der Waals surface area contributed by atoms with E-state index in [1.165, 1.54) is 13.2 Å². The van der Waals surface area contributed by atoms with Crippen molar-refractivity contribution in [2.45, 2.75) is 4.90 Å². The minimum atomic E-state index is -0.672. The number of anilines is 1. The Morgan fingerprint density at radius 1 is 1.24 bits per heavy atom. The summed E-state index contributed by atoms with van der Waals surface area (Å²) in [6, 6.07) is 10.2. The van der Waals surface area contributed by atoms with E-state index < -0.39 is 11.6 Å². The number of benzene rings is 2. The second-order valence-corrected chi connectivity index (χ2v) is 5.16. The zero-order chi connectivity index (χ0) is 15.2. The van der Waals surface area contributed by atoms with Gasteiger partial charge >= 0.3 is 0 Å². The number of rotatable bonds is 5. The van der Waals surface area contributed by atoms with Crippen molar-refractivity contribution in [3.05, 3.63) is 54.1 Å². The van der Waals surface area contributed by atoms with Gasteiger partial charge in [-0.05, 0) is 24.3 Å². The van der Waals surface area contributed by atoms with E-state index in [2.05, 4.69) is 5.32 Å². The first-order valence-electron chi connectivity index (χ1n) is 6.10. The van der Waals surface area contributed by atoms with Gasteiger partial charge in [0.15, 0.2) is 0 Å². The topological polar surface area (TPSA) is 38.3 Å². The van der Waals surface area contributed by atoms with Crippen LogP contribution in [-0.4, -0.2) is 18.8 Å². The smallest absolute Gasteiger partial charge is 0.234 e. The molecule has 0 radical (unpaired) electrons. The molecule has 0 aliphatic rings. The van der Waals surface area contributed by atoms with Crippen molar-refractivity contribution in [2.75, 3.05) is 18.2 Å². The molecule has 1 amide bonds. The Kier molecular flexibility index (Phi) is 5.16. The van der Waals surface area contributed by atoms with Crippen molar-refractivity contribution in [2.24, 2.45) is 0 Å². The van der Waals surface area contributed by atoms with Gasteiger partial charge in [0.25, 0.3) is 0 Å². The number of nitrogens with one attached hydrogen (secondary N) is 1. The summed E-state index contributed by atoms with van der Waals surface area (Å²) in [5.74, 6) is -0.936. The lowest BCUT2D eigenvalue weighted by Gasteiger charge is -2.07. The first-order chi connectivity index (χ1) is 10.1. The van der Waals surface area contributed by atoms with Crippen LogP contribution >= 0.6 is 11.8 Å². The Morgan fingerprint density at radius 3 is 2.76 bits per heavy atom. The minimum absolute atomic E-state index is 0.0275. The minimum Gasteiger partial charge on any atom is -0.497 e. The lowest BCUT2D eigenvalue weighted by molar-refractivity contribution is -0.113. The lowest BCUT2D eigenvalue weighted by Crippen LogP contribution is -2.14. The highest BCUT2D eigenvalue weighted by molar-refractivity contribution is 8.00. The van der Waals surface area contributed by atoms with Gasteiger partial charge in [-0.15, -0.1) is 11.8 Å². The number of carbonyl (C=O) groups excluding carboxylic acids is 1. The summed E-state index contributed by atoms with van der Waals surface area (Å²) in [5.41, 5.74) is 0.597. The maximum absolute atomic E-state index is 13.4. The number of hydrogen-bond donors (Lipinski definition) is 1. The summed E-state index contributed by atoms with van der Waals surface area (Å²) >= 11 is 1.01. The monoisotopic (exact) mass is 309 g/mol. The Labute approximate surface area is 125 Å². The van der Waals surface area contributed by atoms with Crippen LogP contribution in [0.5, 0.6) is 5.75 Å². The first-order valence-corrected chi connectivity index (χ1v) is 7.09. The molecule has 0 aliphatic heterocycles. The number of thioether (sulfide) groups is 1. The summed E-state index contributed by atoms with van der Waals surface area (Å²) in [7, 11) is 1.54. The Bertz CT molecular complexity index is 649. The molecule has 21 heavy (non-hydrogen) atoms. The van der Waals surface area contributed by atoms with E-state index in [1.54, 1.807) is 24.3 Å². The predicted molar refractivity (Wildman–Crippen MR) is 78.7 cm³/mol. The number of ether oxygens (including phenoxy) is 1. The average molecular weight is 309 g/mol. The summed E-state index contributed by atoms with van der Waals surface area (Å²) in [6.07, 6.45) is 0. The molecule has 0 unspecified atom stereocenters. The van der Waals surface area contributed by atoms with Crippen molar-refractivity contribution in [1.29, 1.82) is 0 Å². The number of halogens is 2. The normalized spacial score (nSPS) is 10.2. The number of methoxy groups -OCH3 is 1. The van der Waals surface area contributed by atoms with Gasteiger partial charge in [0, 0.05) is 22.7 Å². The summed E-state index contributed by atoms with van der Waals surface area (Å²) < 4.78 is 31.2. The molecule has 2 rings (SSSR count). The van der Waals surface area contributed by atoms with Crippen molar-refractivity contribution < 1.29 is 18.3 Å². The van der Waals surface area contributed by atoms with Crippen LogP contribution in [0.15, 0.2) is 47.4 Å². The molecule has 0 heterocycles. The van der Waals surface area contributed by atoms with E-state index in [-0.39, 0.29) is 16.6 Å². The molecule has 0 saturated carbocycles. The maximum Gasteiger partial charge on any atom is 0.234 e. The largest absolute Gasteiger partial charge is 0.497 e. The summed E-state index contributed by atoms with van der Waals surface area (Å²) in [5, 5.41) is 2.68. The average Bonchev–Trinajstić information content (AvgIpc) is 2.46. The SMILES string of the molecule is COc1cccc(NC(=O)CSc2ccc(F)cc2F)c1. The molecule has 0 bridgehead atoms. The standard InChI is InChI=1S/C15H13F2NO2S/c1-20-12-4-2-3-11(8-12)18-15(19)9-21-14-6-5-10(16)7-13(14)17/h2-8H,9H2,1H3,(H,18,19). The molecule has 6 heteroatoms. The van der Waals surface area contributed by atoms with Gasteiger partial charge in [-0.3, -0.25) is 4.79 Å². The second-order valence-electron chi connectivity index (χ2n) is 4.14. The third kappa shape index (κ3) is 4.46. The molecule has 0 atom stereocenters. The summed E-state index contributed by atoms with van der Waals surface area (Å²) in [6.45, 7) is 0. The van der Waals surface area contributed by atoms with Gasteiger partial charge in [0.05, 0.1) is 12.9 Å². The highest BCUT2D eigenvalue weighted by atomic mass is 32.2. The fourth-order valence-corrected chi connectivity index (χ4v) is 2.35. The van der Waals surface area contributed by atoms with Gasteiger partial charge in [-0.2, -0.15) is 0 Å². The van der Waals surface area contributed by atoms with Crippen LogP contribution in [0.25, 0.3) is 0 Å². The van der Waals surface area contributed by atoms with E-state index in [0.29, 0.717) is 11.4 Å². The molecule has 3 nitrogen and oxygen atoms in total. The van der Waals surface area contributed by atoms with Gasteiger partial charge in [-0.1, -0.05) is 6.07 Å². The molecule has 110 valence electrons. The Morgan fingerprint density at radius 2 is 2.05 bits per heavy atom. The number of hydrogen-bond acceptors (Lipinski definition) is 3. The first kappa shape index (κ1) is 15.3. The zero-order valence-corrected chi connectivity index (χ0v) is 12.0. The molecule has 0 saturated heterocycles. The highest BCUT2D eigenvalue weighted by Crippen LogP contribution is 2.23. The van der Waals surface area contributed by atoms with Crippen LogP contribution in [0.3, 0.4) is 0 Å². The van der Waals surface area contributed by atoms with Crippen molar-refractivity contribution >= 4 is 23.4 Å².